The number of nitrogen functional groups attached to an aromatic ring is 1. The van der Waals surface area contributed by atoms with E-state index in [1.165, 1.54) is 6.33 Å². The Morgan fingerprint density at radius 3 is 2.27 bits per heavy atom. The molecule has 4 heteroatoms. The zero-order valence-electron chi connectivity index (χ0n) is 10.2. The maximum atomic E-state index is 5.60. The van der Waals surface area contributed by atoms with Gasteiger partial charge in [0.2, 0.25) is 0 Å². The van der Waals surface area contributed by atoms with Crippen LogP contribution in [0.25, 0.3) is 5.52 Å². The van der Waals surface area contributed by atoms with Crippen LogP contribution < -0.4 is 5.73 Å². The Morgan fingerprint density at radius 1 is 1.13 bits per heavy atom. The van der Waals surface area contributed by atoms with Crippen molar-refractivity contribution in [3.8, 4) is 0 Å². The van der Waals surface area contributed by atoms with Gasteiger partial charge >= 0.3 is 0 Å². The van der Waals surface area contributed by atoms with Gasteiger partial charge in [-0.15, -0.1) is 0 Å². The molecule has 0 aromatic carbocycles. The van der Waals surface area contributed by atoms with Gasteiger partial charge < -0.3 is 5.73 Å². The van der Waals surface area contributed by atoms with Crippen LogP contribution in [-0.4, -0.2) is 14.6 Å². The normalized spacial score (nSPS) is 8.60. The largest absolute Gasteiger partial charge is 0.382 e. The number of aromatic nitrogens is 3. The van der Waals surface area contributed by atoms with Crippen LogP contribution in [0.15, 0.2) is 18.5 Å². The Kier molecular flexibility index (Phi) is 6.09. The standard InChI is InChI=1S/C7H8N4.2C2H6/c1-5-2-3-6-7(8)9-4-10-11(5)6;2*1-2/h2-4H,1H3,(H2,8,9,10);2*1-2H3. The summed E-state index contributed by atoms with van der Waals surface area (Å²) in [5.41, 5.74) is 7.53. The van der Waals surface area contributed by atoms with Crippen LogP contribution in [0.2, 0.25) is 0 Å². The molecule has 4 nitrogen and oxygen atoms in total. The van der Waals surface area contributed by atoms with Crippen molar-refractivity contribution < 1.29 is 0 Å². The summed E-state index contributed by atoms with van der Waals surface area (Å²) in [5, 5.41) is 4.03. The van der Waals surface area contributed by atoms with Gasteiger partial charge in [-0.3, -0.25) is 0 Å². The first-order chi connectivity index (χ1) is 7.29. The highest BCUT2D eigenvalue weighted by atomic mass is 15.2. The third-order valence-electron chi connectivity index (χ3n) is 1.67. The van der Waals surface area contributed by atoms with E-state index in [1.54, 1.807) is 4.52 Å². The van der Waals surface area contributed by atoms with Gasteiger partial charge in [-0.25, -0.2) is 9.50 Å². The van der Waals surface area contributed by atoms with Crippen molar-refractivity contribution >= 4 is 11.3 Å². The number of hydrogen-bond acceptors (Lipinski definition) is 3. The summed E-state index contributed by atoms with van der Waals surface area (Å²) >= 11 is 0. The van der Waals surface area contributed by atoms with Gasteiger partial charge in [-0.05, 0) is 19.1 Å². The lowest BCUT2D eigenvalue weighted by Crippen LogP contribution is -1.99. The lowest BCUT2D eigenvalue weighted by atomic mass is 10.5. The summed E-state index contributed by atoms with van der Waals surface area (Å²) in [7, 11) is 0. The molecule has 2 rings (SSSR count). The van der Waals surface area contributed by atoms with Crippen LogP contribution in [0, 0.1) is 6.92 Å². The summed E-state index contributed by atoms with van der Waals surface area (Å²) in [5.74, 6) is 0.521. The lowest BCUT2D eigenvalue weighted by Gasteiger charge is -1.96. The second kappa shape index (κ2) is 6.81. The molecule has 0 saturated carbocycles. The van der Waals surface area contributed by atoms with Crippen LogP contribution in [-0.2, 0) is 0 Å². The zero-order valence-corrected chi connectivity index (χ0v) is 10.2. The minimum Gasteiger partial charge on any atom is -0.382 e. The number of aryl methyl sites for hydroxylation is 1. The van der Waals surface area contributed by atoms with Gasteiger partial charge in [0.05, 0.1) is 0 Å². The SMILES string of the molecule is CC.CC.Cc1ccc2c(N)ncnn12. The van der Waals surface area contributed by atoms with Gasteiger partial charge in [0.25, 0.3) is 0 Å². The number of anilines is 1. The van der Waals surface area contributed by atoms with Gasteiger partial charge in [0, 0.05) is 5.69 Å². The van der Waals surface area contributed by atoms with Crippen molar-refractivity contribution in [1.82, 2.24) is 14.6 Å². The molecule has 2 aromatic heterocycles. The van der Waals surface area contributed by atoms with Crippen molar-refractivity contribution in [1.29, 1.82) is 0 Å². The molecular formula is C11H20N4. The second-order valence-electron chi connectivity index (χ2n) is 2.42. The van der Waals surface area contributed by atoms with E-state index in [-0.39, 0.29) is 0 Å². The summed E-state index contributed by atoms with van der Waals surface area (Å²) in [6, 6.07) is 3.87. The predicted molar refractivity (Wildman–Crippen MR) is 64.8 cm³/mol. The first-order valence-electron chi connectivity index (χ1n) is 5.34. The van der Waals surface area contributed by atoms with E-state index in [2.05, 4.69) is 10.1 Å². The Bertz CT molecular complexity index is 392. The van der Waals surface area contributed by atoms with Crippen LogP contribution in [0.3, 0.4) is 0 Å². The predicted octanol–water partition coefficient (Wildman–Crippen LogP) is 2.67. The minimum absolute atomic E-state index is 0.521. The molecule has 2 N–H and O–H groups in total. The van der Waals surface area contributed by atoms with E-state index in [0.717, 1.165) is 11.2 Å². The molecule has 0 saturated heterocycles. The van der Waals surface area contributed by atoms with Crippen LogP contribution in [0.4, 0.5) is 5.82 Å². The number of nitrogens with zero attached hydrogens (tertiary/aromatic N) is 3. The van der Waals surface area contributed by atoms with Gasteiger partial charge in [0.15, 0.2) is 5.82 Å². The topological polar surface area (TPSA) is 56.2 Å². The van der Waals surface area contributed by atoms with E-state index >= 15 is 0 Å². The number of rotatable bonds is 0. The highest BCUT2D eigenvalue weighted by molar-refractivity contribution is 5.65. The molecule has 0 aliphatic heterocycles. The molecule has 0 aliphatic rings. The molecule has 0 unspecified atom stereocenters. The Morgan fingerprint density at radius 2 is 1.73 bits per heavy atom. The molecule has 0 aliphatic carbocycles. The van der Waals surface area contributed by atoms with E-state index < -0.39 is 0 Å². The van der Waals surface area contributed by atoms with Crippen molar-refractivity contribution in [2.24, 2.45) is 0 Å². The molecule has 0 bridgehead atoms. The smallest absolute Gasteiger partial charge is 0.151 e. The molecule has 15 heavy (non-hydrogen) atoms. The molecule has 0 atom stereocenters. The minimum atomic E-state index is 0.521. The lowest BCUT2D eigenvalue weighted by molar-refractivity contribution is 0.875. The summed E-state index contributed by atoms with van der Waals surface area (Å²) in [6.45, 7) is 9.97. The van der Waals surface area contributed by atoms with Crippen LogP contribution in [0.1, 0.15) is 33.4 Å². The van der Waals surface area contributed by atoms with E-state index in [4.69, 9.17) is 5.73 Å². The third kappa shape index (κ3) is 2.94. The average Bonchev–Trinajstić information content (AvgIpc) is 2.68. The van der Waals surface area contributed by atoms with E-state index in [1.807, 2.05) is 46.8 Å². The van der Waals surface area contributed by atoms with E-state index in [9.17, 15) is 0 Å². The molecule has 84 valence electrons. The number of nitrogens with two attached hydrogens (primary N) is 1. The fraction of sp³-hybridized carbons (Fsp3) is 0.455. The van der Waals surface area contributed by atoms with Crippen LogP contribution in [0.5, 0.6) is 0 Å². The molecule has 0 fully saturated rings. The fourth-order valence-electron chi connectivity index (χ4n) is 1.08. The molecule has 2 heterocycles. The Balaban J connectivity index is 0.000000442. The maximum Gasteiger partial charge on any atom is 0.151 e. The quantitative estimate of drug-likeness (QED) is 0.724. The molecule has 2 aromatic rings. The van der Waals surface area contributed by atoms with Gasteiger partial charge in [0.1, 0.15) is 11.8 Å². The summed E-state index contributed by atoms with van der Waals surface area (Å²) < 4.78 is 1.77. The summed E-state index contributed by atoms with van der Waals surface area (Å²) in [6.07, 6.45) is 1.45. The van der Waals surface area contributed by atoms with E-state index in [0.29, 0.717) is 5.82 Å². The van der Waals surface area contributed by atoms with Crippen LogP contribution >= 0.6 is 0 Å². The maximum absolute atomic E-state index is 5.60. The Labute approximate surface area is 91.1 Å². The van der Waals surface area contributed by atoms with Gasteiger partial charge in [-0.2, -0.15) is 5.10 Å². The van der Waals surface area contributed by atoms with Gasteiger partial charge in [-0.1, -0.05) is 27.7 Å². The highest BCUT2D eigenvalue weighted by Gasteiger charge is 2.00. The first-order valence-corrected chi connectivity index (χ1v) is 5.34. The molecule has 0 amide bonds. The summed E-state index contributed by atoms with van der Waals surface area (Å²) in [4.78, 5) is 3.87. The number of fused-ring (bicyclic) bond motifs is 1. The number of hydrogen-bond donors (Lipinski definition) is 1. The van der Waals surface area contributed by atoms with Crippen molar-refractivity contribution in [2.45, 2.75) is 34.6 Å². The van der Waals surface area contributed by atoms with Crippen molar-refractivity contribution in [2.75, 3.05) is 5.73 Å². The monoisotopic (exact) mass is 208 g/mol. The second-order valence-corrected chi connectivity index (χ2v) is 2.42. The Hall–Kier alpha value is -1.58. The molecule has 0 spiro atoms. The molecular weight excluding hydrogens is 188 g/mol. The van der Waals surface area contributed by atoms with Crippen molar-refractivity contribution in [3.05, 3.63) is 24.2 Å². The molecule has 0 radical (unpaired) electrons. The highest BCUT2D eigenvalue weighted by Crippen LogP contribution is 2.11. The average molecular weight is 208 g/mol. The first kappa shape index (κ1) is 13.4. The van der Waals surface area contributed by atoms with Crippen molar-refractivity contribution in [3.63, 3.8) is 0 Å². The third-order valence-corrected chi connectivity index (χ3v) is 1.67. The zero-order chi connectivity index (χ0) is 11.8. The fourth-order valence-corrected chi connectivity index (χ4v) is 1.08.